The number of carbonyl (C=O) groups excluding carboxylic acids is 2. The Hall–Kier alpha value is -4.14. The van der Waals surface area contributed by atoms with Gasteiger partial charge in [0, 0.05) is 24.5 Å². The Morgan fingerprint density at radius 1 is 0.822 bits per heavy atom. The fraction of sp³-hybridized carbons (Fsp3) is 0.278. The average Bonchev–Trinajstić information content (AvgIpc) is 3.04. The van der Waals surface area contributed by atoms with Crippen LogP contribution in [-0.4, -0.2) is 44.3 Å². The van der Waals surface area contributed by atoms with Crippen LogP contribution in [0.15, 0.2) is 108 Å². The largest absolute Gasteiger partial charge is 0.354 e. The fourth-order valence-corrected chi connectivity index (χ4v) is 6.71. The summed E-state index contributed by atoms with van der Waals surface area (Å²) < 4.78 is 29.4. The van der Waals surface area contributed by atoms with Gasteiger partial charge in [-0.25, -0.2) is 8.42 Å². The van der Waals surface area contributed by atoms with E-state index in [2.05, 4.69) is 5.32 Å². The number of nitrogens with one attached hydrogen (secondary N) is 1. The number of benzene rings is 4. The van der Waals surface area contributed by atoms with Gasteiger partial charge >= 0.3 is 0 Å². The van der Waals surface area contributed by atoms with Gasteiger partial charge in [-0.2, -0.15) is 0 Å². The Kier molecular flexibility index (Phi) is 11.8. The van der Waals surface area contributed by atoms with Crippen molar-refractivity contribution in [3.05, 3.63) is 130 Å². The molecule has 0 aliphatic rings. The lowest BCUT2D eigenvalue weighted by molar-refractivity contribution is -0.140. The number of aryl methyl sites for hydroxylation is 1. The van der Waals surface area contributed by atoms with E-state index in [4.69, 9.17) is 11.6 Å². The smallest absolute Gasteiger partial charge is 0.264 e. The van der Waals surface area contributed by atoms with Crippen molar-refractivity contribution < 1.29 is 18.0 Å². The minimum Gasteiger partial charge on any atom is -0.354 e. The van der Waals surface area contributed by atoms with Gasteiger partial charge in [0.15, 0.2) is 0 Å². The molecule has 0 heterocycles. The molecule has 0 bridgehead atoms. The predicted octanol–water partition coefficient (Wildman–Crippen LogP) is 6.71. The second-order valence-electron chi connectivity index (χ2n) is 11.1. The highest BCUT2D eigenvalue weighted by molar-refractivity contribution is 7.92. The summed E-state index contributed by atoms with van der Waals surface area (Å²) in [5, 5.41) is 3.39. The van der Waals surface area contributed by atoms with Gasteiger partial charge < -0.3 is 10.2 Å². The molecule has 236 valence electrons. The molecule has 9 heteroatoms. The van der Waals surface area contributed by atoms with E-state index >= 15 is 0 Å². The van der Waals surface area contributed by atoms with Crippen molar-refractivity contribution >= 4 is 39.1 Å². The Morgan fingerprint density at radius 3 is 2.11 bits per heavy atom. The number of sulfonamides is 1. The van der Waals surface area contributed by atoms with Crippen molar-refractivity contribution in [2.45, 2.75) is 57.5 Å². The third-order valence-corrected chi connectivity index (χ3v) is 9.88. The quantitative estimate of drug-likeness (QED) is 0.155. The molecule has 0 saturated carbocycles. The molecule has 0 radical (unpaired) electrons. The molecular weight excluding hydrogens is 606 g/mol. The number of unbranched alkanes of at least 4 members (excludes halogenated alkanes) is 1. The van der Waals surface area contributed by atoms with Crippen LogP contribution in [-0.2, 0) is 32.6 Å². The summed E-state index contributed by atoms with van der Waals surface area (Å²) in [4.78, 5) is 29.9. The van der Waals surface area contributed by atoms with Crippen molar-refractivity contribution in [2.75, 3.05) is 17.4 Å². The van der Waals surface area contributed by atoms with Gasteiger partial charge in [0.25, 0.3) is 10.0 Å². The molecule has 7 nitrogen and oxygen atoms in total. The molecule has 4 aromatic rings. The van der Waals surface area contributed by atoms with Gasteiger partial charge in [0.1, 0.15) is 12.6 Å². The van der Waals surface area contributed by atoms with Crippen LogP contribution in [0.2, 0.25) is 5.02 Å². The Morgan fingerprint density at radius 2 is 1.47 bits per heavy atom. The maximum Gasteiger partial charge on any atom is 0.264 e. The Labute approximate surface area is 271 Å². The van der Waals surface area contributed by atoms with Crippen LogP contribution >= 0.6 is 11.6 Å². The number of carbonyl (C=O) groups is 2. The number of amides is 2. The van der Waals surface area contributed by atoms with Gasteiger partial charge in [-0.05, 0) is 61.2 Å². The summed E-state index contributed by atoms with van der Waals surface area (Å²) in [6, 6.07) is 29.3. The molecular formula is C36H40ClN3O4S. The lowest BCUT2D eigenvalue weighted by Crippen LogP contribution is -2.53. The maximum absolute atomic E-state index is 14.5. The van der Waals surface area contributed by atoms with Crippen LogP contribution in [0.4, 0.5) is 5.69 Å². The monoisotopic (exact) mass is 645 g/mol. The summed E-state index contributed by atoms with van der Waals surface area (Å²) in [5.74, 6) is -0.801. The summed E-state index contributed by atoms with van der Waals surface area (Å²) in [5.41, 5.74) is 3.59. The first-order chi connectivity index (χ1) is 21.6. The van der Waals surface area contributed by atoms with E-state index in [1.165, 1.54) is 17.0 Å². The van der Waals surface area contributed by atoms with Crippen LogP contribution in [0.1, 0.15) is 42.0 Å². The molecule has 4 aromatic carbocycles. The second kappa shape index (κ2) is 15.7. The molecule has 0 spiro atoms. The number of hydrogen-bond donors (Lipinski definition) is 1. The minimum atomic E-state index is -4.20. The maximum atomic E-state index is 14.5. The van der Waals surface area contributed by atoms with Gasteiger partial charge in [0.05, 0.1) is 10.6 Å². The number of anilines is 1. The Bertz CT molecular complexity index is 1680. The topological polar surface area (TPSA) is 86.8 Å². The van der Waals surface area contributed by atoms with Crippen LogP contribution in [0, 0.1) is 13.8 Å². The molecule has 0 aliphatic carbocycles. The highest BCUT2D eigenvalue weighted by Crippen LogP contribution is 2.31. The van der Waals surface area contributed by atoms with Crippen LogP contribution in [0.3, 0.4) is 0 Å². The molecule has 0 saturated heterocycles. The van der Waals surface area contributed by atoms with E-state index in [1.54, 1.807) is 43.3 Å². The van der Waals surface area contributed by atoms with Crippen molar-refractivity contribution in [3.8, 4) is 0 Å². The van der Waals surface area contributed by atoms with Crippen LogP contribution in [0.5, 0.6) is 0 Å². The molecule has 0 fully saturated rings. The molecule has 0 unspecified atom stereocenters. The Balaban J connectivity index is 1.81. The highest BCUT2D eigenvalue weighted by atomic mass is 35.5. The van der Waals surface area contributed by atoms with Crippen molar-refractivity contribution in [1.82, 2.24) is 10.2 Å². The first-order valence-corrected chi connectivity index (χ1v) is 16.9. The summed E-state index contributed by atoms with van der Waals surface area (Å²) >= 11 is 6.45. The second-order valence-corrected chi connectivity index (χ2v) is 13.3. The minimum absolute atomic E-state index is 0.0420. The lowest BCUT2D eigenvalue weighted by Gasteiger charge is -2.34. The van der Waals surface area contributed by atoms with Crippen molar-refractivity contribution in [3.63, 3.8) is 0 Å². The molecule has 1 atom stereocenters. The third-order valence-electron chi connectivity index (χ3n) is 7.69. The first-order valence-electron chi connectivity index (χ1n) is 15.1. The van der Waals surface area contributed by atoms with Crippen molar-refractivity contribution in [1.29, 1.82) is 0 Å². The van der Waals surface area contributed by atoms with E-state index in [9.17, 15) is 18.0 Å². The normalized spacial score (nSPS) is 11.9. The third kappa shape index (κ3) is 8.74. The lowest BCUT2D eigenvalue weighted by atomic mass is 10.0. The zero-order chi connectivity index (χ0) is 32.4. The summed E-state index contributed by atoms with van der Waals surface area (Å²) in [6.07, 6.45) is 1.96. The van der Waals surface area contributed by atoms with E-state index in [1.807, 2.05) is 68.4 Å². The number of rotatable bonds is 14. The number of hydrogen-bond acceptors (Lipinski definition) is 4. The molecule has 45 heavy (non-hydrogen) atoms. The SMILES string of the molecule is CCCCNC(=O)[C@H](Cc1ccccc1)N(Cc1ccc(C)cc1)C(=O)CN(c1cccc(Cl)c1C)S(=O)(=O)c1ccccc1. The standard InChI is InChI=1S/C36H40ClN3O4S/c1-4-5-23-38-36(42)34(24-29-13-8-6-9-14-29)39(25-30-21-19-27(2)20-22-30)35(41)26-40(33-18-12-17-32(37)28(33)3)45(43,44)31-15-10-7-11-16-31/h6-22,34H,4-5,23-26H2,1-3H3,(H,38,42)/t34-/m0/s1. The van der Waals surface area contributed by atoms with Gasteiger partial charge in [-0.15, -0.1) is 0 Å². The zero-order valence-corrected chi connectivity index (χ0v) is 27.5. The van der Waals surface area contributed by atoms with Crippen LogP contribution < -0.4 is 9.62 Å². The first kappa shape index (κ1) is 33.7. The van der Waals surface area contributed by atoms with E-state index < -0.39 is 28.5 Å². The highest BCUT2D eigenvalue weighted by Gasteiger charge is 2.35. The molecule has 1 N–H and O–H groups in total. The predicted molar refractivity (Wildman–Crippen MR) is 181 cm³/mol. The van der Waals surface area contributed by atoms with Crippen LogP contribution in [0.25, 0.3) is 0 Å². The van der Waals surface area contributed by atoms with E-state index in [0.29, 0.717) is 22.8 Å². The van der Waals surface area contributed by atoms with Gasteiger partial charge in [-0.3, -0.25) is 13.9 Å². The molecule has 0 aromatic heterocycles. The number of nitrogens with zero attached hydrogens (tertiary/aromatic N) is 2. The van der Waals surface area contributed by atoms with E-state index in [-0.39, 0.29) is 23.8 Å². The van der Waals surface area contributed by atoms with E-state index in [0.717, 1.165) is 33.8 Å². The zero-order valence-electron chi connectivity index (χ0n) is 25.9. The fourth-order valence-electron chi connectivity index (χ4n) is 5.05. The van der Waals surface area contributed by atoms with Gasteiger partial charge in [0.2, 0.25) is 11.8 Å². The van der Waals surface area contributed by atoms with Crippen molar-refractivity contribution in [2.24, 2.45) is 0 Å². The summed E-state index contributed by atoms with van der Waals surface area (Å²) in [6.45, 7) is 5.80. The molecule has 2 amide bonds. The number of halogens is 1. The molecule has 0 aliphatic heterocycles. The average molecular weight is 646 g/mol. The van der Waals surface area contributed by atoms with Gasteiger partial charge in [-0.1, -0.05) is 109 Å². The molecule has 4 rings (SSSR count). The summed E-state index contributed by atoms with van der Waals surface area (Å²) in [7, 11) is -4.20.